The quantitative estimate of drug-likeness (QED) is 0.816. The molecule has 3 rings (SSSR count). The van der Waals surface area contributed by atoms with Gasteiger partial charge in [0.1, 0.15) is 0 Å². The molecule has 2 aromatic rings. The van der Waals surface area contributed by atoms with Crippen LogP contribution in [0.3, 0.4) is 0 Å². The zero-order valence-electron chi connectivity index (χ0n) is 13.2. The first kappa shape index (κ1) is 16.2. The summed E-state index contributed by atoms with van der Waals surface area (Å²) in [5.74, 6) is -0.678. The van der Waals surface area contributed by atoms with Crippen molar-refractivity contribution in [2.75, 3.05) is 11.9 Å². The van der Waals surface area contributed by atoms with Crippen LogP contribution in [0.15, 0.2) is 48.5 Å². The molecule has 1 fully saturated rings. The van der Waals surface area contributed by atoms with Gasteiger partial charge < -0.3 is 15.2 Å². The topological polar surface area (TPSA) is 75.6 Å². The van der Waals surface area contributed by atoms with Crippen LogP contribution in [-0.2, 0) is 11.3 Å². The Morgan fingerprint density at radius 2 is 1.83 bits per heavy atom. The number of amides is 1. The van der Waals surface area contributed by atoms with Gasteiger partial charge in [-0.05, 0) is 54.7 Å². The monoisotopic (exact) mass is 325 g/mol. The number of carboxylic acid groups (broad SMARTS) is 1. The third-order valence-corrected chi connectivity index (χ3v) is 3.88. The summed E-state index contributed by atoms with van der Waals surface area (Å²) in [4.78, 5) is 23.3. The van der Waals surface area contributed by atoms with Crippen molar-refractivity contribution in [3.05, 3.63) is 65.2 Å². The van der Waals surface area contributed by atoms with Crippen molar-refractivity contribution in [3.8, 4) is 0 Å². The van der Waals surface area contributed by atoms with E-state index >= 15 is 0 Å². The molecule has 2 aromatic carbocycles. The lowest BCUT2D eigenvalue weighted by Crippen LogP contribution is -2.13. The highest BCUT2D eigenvalue weighted by atomic mass is 16.5. The second-order valence-electron chi connectivity index (χ2n) is 6.00. The molecule has 5 nitrogen and oxygen atoms in total. The highest BCUT2D eigenvalue weighted by molar-refractivity contribution is 6.05. The summed E-state index contributed by atoms with van der Waals surface area (Å²) in [6.45, 7) is 1.31. The minimum atomic E-state index is -1.06. The number of rotatable bonds is 7. The van der Waals surface area contributed by atoms with Crippen LogP contribution in [0.4, 0.5) is 5.69 Å². The molecule has 1 saturated carbocycles. The summed E-state index contributed by atoms with van der Waals surface area (Å²) in [5, 5.41) is 11.8. The molecule has 0 unspecified atom stereocenters. The molecule has 0 radical (unpaired) electrons. The number of hydrogen-bond donors (Lipinski definition) is 2. The summed E-state index contributed by atoms with van der Waals surface area (Å²) in [5.41, 5.74) is 2.05. The first-order valence-electron chi connectivity index (χ1n) is 7.93. The lowest BCUT2D eigenvalue weighted by atomic mass is 10.1. The first-order valence-corrected chi connectivity index (χ1v) is 7.93. The van der Waals surface area contributed by atoms with Gasteiger partial charge in [0.05, 0.1) is 12.2 Å². The third-order valence-electron chi connectivity index (χ3n) is 3.88. The number of ether oxygens (including phenoxy) is 1. The normalized spacial score (nSPS) is 13.5. The number of carbonyl (C=O) groups is 2. The smallest absolute Gasteiger partial charge is 0.335 e. The van der Waals surface area contributed by atoms with E-state index in [2.05, 4.69) is 5.32 Å². The van der Waals surface area contributed by atoms with E-state index in [1.54, 1.807) is 18.2 Å². The molecular weight excluding hydrogens is 306 g/mol. The second-order valence-corrected chi connectivity index (χ2v) is 6.00. The van der Waals surface area contributed by atoms with Crippen LogP contribution < -0.4 is 5.32 Å². The maximum absolute atomic E-state index is 12.3. The van der Waals surface area contributed by atoms with Crippen LogP contribution in [0.25, 0.3) is 0 Å². The standard InChI is InChI=1S/C19H19NO4/c21-18(15-4-2-5-16(10-15)19(22)23)20-17-6-1-3-14(9-17)12-24-11-13-7-8-13/h1-6,9-10,13H,7-8,11-12H2,(H,20,21)(H,22,23). The van der Waals surface area contributed by atoms with E-state index in [4.69, 9.17) is 9.84 Å². The van der Waals surface area contributed by atoms with Crippen molar-refractivity contribution >= 4 is 17.6 Å². The van der Waals surface area contributed by atoms with Crippen molar-refractivity contribution in [2.24, 2.45) is 5.92 Å². The molecule has 0 aromatic heterocycles. The number of carbonyl (C=O) groups excluding carboxylic acids is 1. The summed E-state index contributed by atoms with van der Waals surface area (Å²) in [6, 6.07) is 13.4. The van der Waals surface area contributed by atoms with Crippen LogP contribution in [0.1, 0.15) is 39.1 Å². The molecule has 24 heavy (non-hydrogen) atoms. The van der Waals surface area contributed by atoms with E-state index in [1.165, 1.54) is 25.0 Å². The lowest BCUT2D eigenvalue weighted by molar-refractivity contribution is 0.0697. The fourth-order valence-electron chi connectivity index (χ4n) is 2.36. The Labute approximate surface area is 140 Å². The number of anilines is 1. The van der Waals surface area contributed by atoms with E-state index in [9.17, 15) is 9.59 Å². The van der Waals surface area contributed by atoms with Crippen LogP contribution >= 0.6 is 0 Å². The predicted octanol–water partition coefficient (Wildman–Crippen LogP) is 3.56. The minimum Gasteiger partial charge on any atom is -0.478 e. The van der Waals surface area contributed by atoms with Crippen LogP contribution in [0, 0.1) is 5.92 Å². The molecule has 0 aliphatic heterocycles. The molecule has 124 valence electrons. The molecule has 1 aliphatic rings. The molecule has 1 aliphatic carbocycles. The Kier molecular flexibility index (Phi) is 4.91. The molecule has 0 spiro atoms. The number of hydrogen-bond acceptors (Lipinski definition) is 3. The van der Waals surface area contributed by atoms with Gasteiger partial charge in [-0.3, -0.25) is 4.79 Å². The summed E-state index contributed by atoms with van der Waals surface area (Å²) < 4.78 is 5.65. The average Bonchev–Trinajstić information content (AvgIpc) is 3.39. The van der Waals surface area contributed by atoms with Gasteiger partial charge in [0.2, 0.25) is 0 Å². The molecule has 0 heterocycles. The van der Waals surface area contributed by atoms with Gasteiger partial charge in [-0.15, -0.1) is 0 Å². The van der Waals surface area contributed by atoms with Gasteiger partial charge in [0.25, 0.3) is 5.91 Å². The van der Waals surface area contributed by atoms with Gasteiger partial charge in [-0.2, -0.15) is 0 Å². The van der Waals surface area contributed by atoms with Gasteiger partial charge in [0, 0.05) is 17.9 Å². The Hall–Kier alpha value is -2.66. The molecule has 2 N–H and O–H groups in total. The Morgan fingerprint density at radius 1 is 1.08 bits per heavy atom. The van der Waals surface area contributed by atoms with Gasteiger partial charge >= 0.3 is 5.97 Å². The number of nitrogens with one attached hydrogen (secondary N) is 1. The largest absolute Gasteiger partial charge is 0.478 e. The van der Waals surface area contributed by atoms with E-state index in [-0.39, 0.29) is 11.5 Å². The zero-order chi connectivity index (χ0) is 16.9. The van der Waals surface area contributed by atoms with Crippen molar-refractivity contribution in [1.82, 2.24) is 0 Å². The fraction of sp³-hybridized carbons (Fsp3) is 0.263. The van der Waals surface area contributed by atoms with E-state index in [1.807, 2.05) is 18.2 Å². The highest BCUT2D eigenvalue weighted by Gasteiger charge is 2.21. The van der Waals surface area contributed by atoms with Gasteiger partial charge in [-0.25, -0.2) is 4.79 Å². The van der Waals surface area contributed by atoms with Crippen molar-refractivity contribution in [3.63, 3.8) is 0 Å². The predicted molar refractivity (Wildman–Crippen MR) is 90.2 cm³/mol. The second kappa shape index (κ2) is 7.27. The minimum absolute atomic E-state index is 0.0878. The number of aromatic carboxylic acids is 1. The van der Waals surface area contributed by atoms with Crippen molar-refractivity contribution in [1.29, 1.82) is 0 Å². The summed E-state index contributed by atoms with van der Waals surface area (Å²) in [6.07, 6.45) is 2.51. The molecule has 1 amide bonds. The van der Waals surface area contributed by atoms with Crippen LogP contribution in [0.5, 0.6) is 0 Å². The molecule has 5 heteroatoms. The van der Waals surface area contributed by atoms with Crippen LogP contribution in [0.2, 0.25) is 0 Å². The van der Waals surface area contributed by atoms with Crippen LogP contribution in [-0.4, -0.2) is 23.6 Å². The SMILES string of the molecule is O=C(O)c1cccc(C(=O)Nc2cccc(COCC3CC3)c2)c1. The molecule has 0 bridgehead atoms. The van der Waals surface area contributed by atoms with Crippen molar-refractivity contribution < 1.29 is 19.4 Å². The third kappa shape index (κ3) is 4.43. The Morgan fingerprint density at radius 3 is 2.58 bits per heavy atom. The number of carboxylic acids is 1. The lowest BCUT2D eigenvalue weighted by Gasteiger charge is -2.08. The van der Waals surface area contributed by atoms with E-state index < -0.39 is 5.97 Å². The maximum Gasteiger partial charge on any atom is 0.335 e. The van der Waals surface area contributed by atoms with Gasteiger partial charge in [-0.1, -0.05) is 18.2 Å². The average molecular weight is 325 g/mol. The van der Waals surface area contributed by atoms with Gasteiger partial charge in [0.15, 0.2) is 0 Å². The fourth-order valence-corrected chi connectivity index (χ4v) is 2.36. The first-order chi connectivity index (χ1) is 11.6. The molecule has 0 saturated heterocycles. The Bertz CT molecular complexity index is 753. The molecule has 0 atom stereocenters. The van der Waals surface area contributed by atoms with E-state index in [0.717, 1.165) is 18.1 Å². The molecular formula is C19H19NO4. The zero-order valence-corrected chi connectivity index (χ0v) is 13.2. The Balaban J connectivity index is 1.63. The summed E-state index contributed by atoms with van der Waals surface area (Å²) in [7, 11) is 0. The van der Waals surface area contributed by atoms with E-state index in [0.29, 0.717) is 17.9 Å². The summed E-state index contributed by atoms with van der Waals surface area (Å²) >= 11 is 0. The number of benzene rings is 2. The maximum atomic E-state index is 12.3. The highest BCUT2D eigenvalue weighted by Crippen LogP contribution is 2.29. The van der Waals surface area contributed by atoms with Crippen molar-refractivity contribution in [2.45, 2.75) is 19.4 Å².